The standard InChI is InChI=1S/C22H24N6O2/c1-30-15-16-3-5-18(6-4-16)21(29)28-11-7-17(8-12-28)19-13-23-14-20(26-19)27-22-24-9-2-10-25-22/h2-6,9-10,13-14,17H,7-8,11-12,15H2,1H3,(H,24,25,26,27). The summed E-state index contributed by atoms with van der Waals surface area (Å²) in [5.74, 6) is 1.44. The third-order valence-corrected chi connectivity index (χ3v) is 5.17. The molecule has 0 aliphatic carbocycles. The first-order valence-electron chi connectivity index (χ1n) is 9.96. The van der Waals surface area contributed by atoms with E-state index in [0.717, 1.165) is 24.1 Å². The van der Waals surface area contributed by atoms with E-state index in [-0.39, 0.29) is 11.8 Å². The lowest BCUT2D eigenvalue weighted by atomic mass is 9.93. The molecule has 0 bridgehead atoms. The highest BCUT2D eigenvalue weighted by Crippen LogP contribution is 2.28. The Labute approximate surface area is 175 Å². The third kappa shape index (κ3) is 4.77. The Hall–Kier alpha value is -3.39. The molecule has 0 spiro atoms. The average Bonchev–Trinajstić information content (AvgIpc) is 2.80. The lowest BCUT2D eigenvalue weighted by molar-refractivity contribution is 0.0712. The highest BCUT2D eigenvalue weighted by molar-refractivity contribution is 5.94. The molecule has 8 heteroatoms. The molecule has 3 heterocycles. The SMILES string of the molecule is COCc1ccc(C(=O)N2CCC(c3cncc(Nc4ncccn4)n3)CC2)cc1. The molecule has 4 rings (SSSR count). The molecule has 0 atom stereocenters. The van der Waals surface area contributed by atoms with Gasteiger partial charge in [-0.2, -0.15) is 0 Å². The van der Waals surface area contributed by atoms with Gasteiger partial charge < -0.3 is 15.0 Å². The number of carbonyl (C=O) groups excluding carboxylic acids is 1. The van der Waals surface area contributed by atoms with Crippen LogP contribution < -0.4 is 5.32 Å². The smallest absolute Gasteiger partial charge is 0.253 e. The van der Waals surface area contributed by atoms with Crippen molar-refractivity contribution in [1.82, 2.24) is 24.8 Å². The number of rotatable bonds is 6. The Morgan fingerprint density at radius 1 is 1.13 bits per heavy atom. The van der Waals surface area contributed by atoms with Crippen molar-refractivity contribution in [2.45, 2.75) is 25.4 Å². The minimum atomic E-state index is 0.0696. The van der Waals surface area contributed by atoms with E-state index in [4.69, 9.17) is 4.74 Å². The number of nitrogens with one attached hydrogen (secondary N) is 1. The van der Waals surface area contributed by atoms with Gasteiger partial charge >= 0.3 is 0 Å². The number of hydrogen-bond donors (Lipinski definition) is 1. The van der Waals surface area contributed by atoms with Crippen LogP contribution in [0, 0.1) is 0 Å². The Bertz CT molecular complexity index is 972. The van der Waals surface area contributed by atoms with Gasteiger partial charge in [0.25, 0.3) is 5.91 Å². The average molecular weight is 404 g/mol. The minimum absolute atomic E-state index is 0.0696. The van der Waals surface area contributed by atoms with Gasteiger partial charge in [0.15, 0.2) is 5.82 Å². The minimum Gasteiger partial charge on any atom is -0.380 e. The van der Waals surface area contributed by atoms with Crippen LogP contribution >= 0.6 is 0 Å². The molecule has 2 aromatic heterocycles. The summed E-state index contributed by atoms with van der Waals surface area (Å²) in [5.41, 5.74) is 2.69. The van der Waals surface area contributed by atoms with Crippen molar-refractivity contribution in [3.05, 3.63) is 71.9 Å². The maximum Gasteiger partial charge on any atom is 0.253 e. The van der Waals surface area contributed by atoms with E-state index in [1.165, 1.54) is 0 Å². The number of nitrogens with zero attached hydrogens (tertiary/aromatic N) is 5. The monoisotopic (exact) mass is 404 g/mol. The first-order chi connectivity index (χ1) is 14.7. The van der Waals surface area contributed by atoms with Crippen LogP contribution in [0.4, 0.5) is 11.8 Å². The van der Waals surface area contributed by atoms with Gasteiger partial charge in [-0.3, -0.25) is 9.78 Å². The number of ether oxygens (including phenoxy) is 1. The molecule has 1 aromatic carbocycles. The second kappa shape index (κ2) is 9.41. The number of carbonyl (C=O) groups is 1. The molecule has 0 radical (unpaired) electrons. The number of piperidine rings is 1. The van der Waals surface area contributed by atoms with E-state index >= 15 is 0 Å². The van der Waals surface area contributed by atoms with Crippen LogP contribution in [0.2, 0.25) is 0 Å². The van der Waals surface area contributed by atoms with Crippen molar-refractivity contribution >= 4 is 17.7 Å². The topological polar surface area (TPSA) is 93.1 Å². The van der Waals surface area contributed by atoms with Gasteiger partial charge in [-0.05, 0) is 36.6 Å². The van der Waals surface area contributed by atoms with Crippen molar-refractivity contribution < 1.29 is 9.53 Å². The number of hydrogen-bond acceptors (Lipinski definition) is 7. The Morgan fingerprint density at radius 3 is 2.57 bits per heavy atom. The fraction of sp³-hybridized carbons (Fsp3) is 0.318. The maximum atomic E-state index is 12.8. The predicted molar refractivity (Wildman–Crippen MR) is 112 cm³/mol. The summed E-state index contributed by atoms with van der Waals surface area (Å²) in [6.45, 7) is 1.94. The molecule has 30 heavy (non-hydrogen) atoms. The zero-order chi connectivity index (χ0) is 20.8. The molecule has 0 saturated carbocycles. The molecule has 1 aliphatic heterocycles. The largest absolute Gasteiger partial charge is 0.380 e. The summed E-state index contributed by atoms with van der Waals surface area (Å²) in [7, 11) is 1.66. The maximum absolute atomic E-state index is 12.8. The van der Waals surface area contributed by atoms with Gasteiger partial charge in [0.05, 0.1) is 18.5 Å². The number of anilines is 2. The first kappa shape index (κ1) is 19.9. The van der Waals surface area contributed by atoms with Crippen LogP contribution in [0.25, 0.3) is 0 Å². The second-order valence-corrected chi connectivity index (χ2v) is 7.22. The van der Waals surface area contributed by atoms with Gasteiger partial charge in [0.2, 0.25) is 5.95 Å². The van der Waals surface area contributed by atoms with Crippen molar-refractivity contribution in [3.63, 3.8) is 0 Å². The Balaban J connectivity index is 1.36. The normalized spacial score (nSPS) is 14.5. The van der Waals surface area contributed by atoms with E-state index in [9.17, 15) is 4.79 Å². The summed E-state index contributed by atoms with van der Waals surface area (Å²) >= 11 is 0. The van der Waals surface area contributed by atoms with Gasteiger partial charge in [-0.15, -0.1) is 0 Å². The molecular formula is C22H24N6O2. The van der Waals surface area contributed by atoms with Gasteiger partial charge in [-0.1, -0.05) is 12.1 Å². The number of likely N-dealkylation sites (tertiary alicyclic amines) is 1. The van der Waals surface area contributed by atoms with E-state index < -0.39 is 0 Å². The van der Waals surface area contributed by atoms with Crippen LogP contribution in [0.3, 0.4) is 0 Å². The Kier molecular flexibility index (Phi) is 6.24. The predicted octanol–water partition coefficient (Wildman–Crippen LogP) is 3.18. The van der Waals surface area contributed by atoms with E-state index in [0.29, 0.717) is 37.0 Å². The van der Waals surface area contributed by atoms with Gasteiger partial charge in [-0.25, -0.2) is 15.0 Å². The van der Waals surface area contributed by atoms with Crippen molar-refractivity contribution in [1.29, 1.82) is 0 Å². The molecule has 1 amide bonds. The summed E-state index contributed by atoms with van der Waals surface area (Å²) in [4.78, 5) is 32.0. The van der Waals surface area contributed by atoms with Crippen molar-refractivity contribution in [2.24, 2.45) is 0 Å². The quantitative estimate of drug-likeness (QED) is 0.674. The molecule has 3 aromatic rings. The second-order valence-electron chi connectivity index (χ2n) is 7.22. The number of methoxy groups -OCH3 is 1. The molecule has 0 unspecified atom stereocenters. The zero-order valence-electron chi connectivity index (χ0n) is 16.9. The Morgan fingerprint density at radius 2 is 1.87 bits per heavy atom. The number of aromatic nitrogens is 4. The van der Waals surface area contributed by atoms with E-state index in [2.05, 4.69) is 25.3 Å². The van der Waals surface area contributed by atoms with Gasteiger partial charge in [0.1, 0.15) is 0 Å². The molecule has 1 aliphatic rings. The lowest BCUT2D eigenvalue weighted by Crippen LogP contribution is -2.38. The number of benzene rings is 1. The fourth-order valence-corrected chi connectivity index (χ4v) is 3.59. The fourth-order valence-electron chi connectivity index (χ4n) is 3.59. The van der Waals surface area contributed by atoms with E-state index in [1.807, 2.05) is 29.2 Å². The third-order valence-electron chi connectivity index (χ3n) is 5.17. The number of amides is 1. The summed E-state index contributed by atoms with van der Waals surface area (Å²) in [5, 5.41) is 3.08. The van der Waals surface area contributed by atoms with Crippen molar-refractivity contribution in [3.8, 4) is 0 Å². The first-order valence-corrected chi connectivity index (χ1v) is 9.96. The summed E-state index contributed by atoms with van der Waals surface area (Å²) in [6, 6.07) is 9.38. The molecule has 1 saturated heterocycles. The molecule has 8 nitrogen and oxygen atoms in total. The van der Waals surface area contributed by atoms with Crippen LogP contribution in [0.15, 0.2) is 55.1 Å². The van der Waals surface area contributed by atoms with Gasteiger partial charge in [0, 0.05) is 50.3 Å². The van der Waals surface area contributed by atoms with Crippen LogP contribution in [0.5, 0.6) is 0 Å². The van der Waals surface area contributed by atoms with Crippen LogP contribution in [0.1, 0.15) is 40.4 Å². The highest BCUT2D eigenvalue weighted by atomic mass is 16.5. The lowest BCUT2D eigenvalue weighted by Gasteiger charge is -2.31. The summed E-state index contributed by atoms with van der Waals surface area (Å²) < 4.78 is 5.12. The van der Waals surface area contributed by atoms with Crippen molar-refractivity contribution in [2.75, 3.05) is 25.5 Å². The molecule has 154 valence electrons. The molecule has 1 N–H and O–H groups in total. The molecular weight excluding hydrogens is 380 g/mol. The van der Waals surface area contributed by atoms with Crippen LogP contribution in [-0.4, -0.2) is 50.9 Å². The summed E-state index contributed by atoms with van der Waals surface area (Å²) in [6.07, 6.45) is 8.51. The van der Waals surface area contributed by atoms with Crippen LogP contribution in [-0.2, 0) is 11.3 Å². The highest BCUT2D eigenvalue weighted by Gasteiger charge is 2.25. The molecule has 1 fully saturated rings. The van der Waals surface area contributed by atoms with E-state index in [1.54, 1.807) is 38.0 Å². The zero-order valence-corrected chi connectivity index (χ0v) is 16.9.